The molecule has 0 radical (unpaired) electrons. The quantitative estimate of drug-likeness (QED) is 0.934. The van der Waals surface area contributed by atoms with Gasteiger partial charge in [-0.25, -0.2) is 0 Å². The highest BCUT2D eigenvalue weighted by molar-refractivity contribution is 5.92. The number of nitrogens with zero attached hydrogens (tertiary/aromatic N) is 1. The number of carboxylic acid groups (broad SMARTS) is 1. The molecule has 1 heterocycles. The highest BCUT2D eigenvalue weighted by Gasteiger charge is 2.55. The molecule has 4 heteroatoms. The van der Waals surface area contributed by atoms with Crippen LogP contribution in [0.3, 0.4) is 0 Å². The summed E-state index contributed by atoms with van der Waals surface area (Å²) in [5, 5.41) is 9.64. The Morgan fingerprint density at radius 1 is 0.920 bits per heavy atom. The standard InChI is InChI=1S/C21H21NO3/c23-19(24)18-14-22(13-17(18)15-7-3-1-4-8-15)20(25)21(11-12-21)16-9-5-2-6-10-16/h1-10,17-18H,11-14H2,(H,23,24)/t17-,18-/m1/s1. The van der Waals surface area contributed by atoms with Gasteiger partial charge in [0.15, 0.2) is 0 Å². The lowest BCUT2D eigenvalue weighted by molar-refractivity contribution is -0.142. The van der Waals surface area contributed by atoms with E-state index >= 15 is 0 Å². The molecule has 2 fully saturated rings. The lowest BCUT2D eigenvalue weighted by atomic mass is 9.89. The highest BCUT2D eigenvalue weighted by atomic mass is 16.4. The van der Waals surface area contributed by atoms with Crippen molar-refractivity contribution in [1.29, 1.82) is 0 Å². The van der Waals surface area contributed by atoms with Gasteiger partial charge < -0.3 is 10.0 Å². The average molecular weight is 335 g/mol. The van der Waals surface area contributed by atoms with Crippen LogP contribution >= 0.6 is 0 Å². The van der Waals surface area contributed by atoms with Crippen LogP contribution in [0.25, 0.3) is 0 Å². The van der Waals surface area contributed by atoms with Crippen molar-refractivity contribution < 1.29 is 14.7 Å². The summed E-state index contributed by atoms with van der Waals surface area (Å²) >= 11 is 0. The van der Waals surface area contributed by atoms with Crippen molar-refractivity contribution in [3.8, 4) is 0 Å². The van der Waals surface area contributed by atoms with Crippen LogP contribution in [-0.4, -0.2) is 35.0 Å². The number of hydrogen-bond acceptors (Lipinski definition) is 2. The van der Waals surface area contributed by atoms with Crippen molar-refractivity contribution in [2.45, 2.75) is 24.2 Å². The lowest BCUT2D eigenvalue weighted by Gasteiger charge is -2.23. The van der Waals surface area contributed by atoms with Gasteiger partial charge in [0, 0.05) is 19.0 Å². The second kappa shape index (κ2) is 6.03. The molecule has 4 rings (SSSR count). The maximum atomic E-state index is 13.2. The third-order valence-corrected chi connectivity index (χ3v) is 5.64. The molecular weight excluding hydrogens is 314 g/mol. The van der Waals surface area contributed by atoms with Gasteiger partial charge in [-0.2, -0.15) is 0 Å². The first-order chi connectivity index (χ1) is 12.1. The van der Waals surface area contributed by atoms with E-state index in [2.05, 4.69) is 0 Å². The lowest BCUT2D eigenvalue weighted by Crippen LogP contribution is -2.38. The fourth-order valence-electron chi connectivity index (χ4n) is 4.07. The molecule has 1 aliphatic carbocycles. The van der Waals surface area contributed by atoms with E-state index in [9.17, 15) is 14.7 Å². The Labute approximate surface area is 147 Å². The molecule has 2 atom stereocenters. The van der Waals surface area contributed by atoms with E-state index in [0.717, 1.165) is 24.0 Å². The minimum atomic E-state index is -0.825. The van der Waals surface area contributed by atoms with E-state index in [1.807, 2.05) is 60.7 Å². The molecule has 2 aliphatic rings. The average Bonchev–Trinajstić information content (AvgIpc) is 3.34. The molecule has 0 aromatic heterocycles. The van der Waals surface area contributed by atoms with Crippen molar-refractivity contribution in [3.63, 3.8) is 0 Å². The third kappa shape index (κ3) is 2.72. The van der Waals surface area contributed by atoms with Gasteiger partial charge >= 0.3 is 5.97 Å². The normalized spacial score (nSPS) is 24.1. The van der Waals surface area contributed by atoms with Crippen LogP contribution < -0.4 is 0 Å². The molecule has 0 bridgehead atoms. The first-order valence-electron chi connectivity index (χ1n) is 8.74. The van der Waals surface area contributed by atoms with Crippen LogP contribution in [0, 0.1) is 5.92 Å². The van der Waals surface area contributed by atoms with Gasteiger partial charge in [0.1, 0.15) is 0 Å². The van der Waals surface area contributed by atoms with E-state index in [-0.39, 0.29) is 11.8 Å². The zero-order valence-electron chi connectivity index (χ0n) is 14.0. The Morgan fingerprint density at radius 2 is 1.52 bits per heavy atom. The van der Waals surface area contributed by atoms with Crippen LogP contribution in [0.1, 0.15) is 29.9 Å². The summed E-state index contributed by atoms with van der Waals surface area (Å²) in [6, 6.07) is 19.6. The van der Waals surface area contributed by atoms with E-state index in [0.29, 0.717) is 13.1 Å². The number of carboxylic acids is 1. The molecule has 1 N–H and O–H groups in total. The zero-order valence-corrected chi connectivity index (χ0v) is 14.0. The first kappa shape index (κ1) is 15.9. The van der Waals surface area contributed by atoms with E-state index in [4.69, 9.17) is 0 Å². The van der Waals surface area contributed by atoms with Crippen LogP contribution in [0.4, 0.5) is 0 Å². The molecule has 1 aliphatic heterocycles. The second-order valence-corrected chi connectivity index (χ2v) is 7.12. The minimum absolute atomic E-state index is 0.0865. The number of rotatable bonds is 4. The van der Waals surface area contributed by atoms with Crippen LogP contribution in [-0.2, 0) is 15.0 Å². The molecular formula is C21H21NO3. The first-order valence-corrected chi connectivity index (χ1v) is 8.74. The van der Waals surface area contributed by atoms with Crippen molar-refractivity contribution in [3.05, 3.63) is 71.8 Å². The number of hydrogen-bond donors (Lipinski definition) is 1. The Balaban J connectivity index is 1.60. The van der Waals surface area contributed by atoms with E-state index in [1.54, 1.807) is 4.90 Å². The highest BCUT2D eigenvalue weighted by Crippen LogP contribution is 2.50. The van der Waals surface area contributed by atoms with Gasteiger partial charge in [0.25, 0.3) is 0 Å². The van der Waals surface area contributed by atoms with Gasteiger partial charge in [-0.3, -0.25) is 9.59 Å². The smallest absolute Gasteiger partial charge is 0.308 e. The van der Waals surface area contributed by atoms with Gasteiger partial charge in [0.05, 0.1) is 11.3 Å². The maximum Gasteiger partial charge on any atom is 0.308 e. The SMILES string of the molecule is O=C(O)[C@@H]1CN(C(=O)C2(c3ccccc3)CC2)C[C@@H]1c1ccccc1. The number of carbonyl (C=O) groups is 2. The van der Waals surface area contributed by atoms with Crippen molar-refractivity contribution in [1.82, 2.24) is 4.90 Å². The van der Waals surface area contributed by atoms with Crippen LogP contribution in [0.5, 0.6) is 0 Å². The van der Waals surface area contributed by atoms with Crippen molar-refractivity contribution >= 4 is 11.9 Å². The van der Waals surface area contributed by atoms with E-state index < -0.39 is 17.3 Å². The molecule has 2 aromatic rings. The zero-order chi connectivity index (χ0) is 17.4. The van der Waals surface area contributed by atoms with Crippen LogP contribution in [0.2, 0.25) is 0 Å². The topological polar surface area (TPSA) is 57.6 Å². The van der Waals surface area contributed by atoms with Crippen molar-refractivity contribution in [2.75, 3.05) is 13.1 Å². The summed E-state index contributed by atoms with van der Waals surface area (Å²) in [4.78, 5) is 26.7. The number of amides is 1. The summed E-state index contributed by atoms with van der Waals surface area (Å²) in [7, 11) is 0. The van der Waals surface area contributed by atoms with Crippen molar-refractivity contribution in [2.24, 2.45) is 5.92 Å². The summed E-state index contributed by atoms with van der Waals surface area (Å²) in [5.41, 5.74) is 1.61. The molecule has 4 nitrogen and oxygen atoms in total. The Hall–Kier alpha value is -2.62. The number of carbonyl (C=O) groups excluding carboxylic acids is 1. The molecule has 128 valence electrons. The number of aliphatic carboxylic acids is 1. The minimum Gasteiger partial charge on any atom is -0.481 e. The number of likely N-dealkylation sites (tertiary alicyclic amines) is 1. The fourth-order valence-corrected chi connectivity index (χ4v) is 4.07. The Morgan fingerprint density at radius 3 is 2.08 bits per heavy atom. The van der Waals surface area contributed by atoms with Crippen LogP contribution in [0.15, 0.2) is 60.7 Å². The van der Waals surface area contributed by atoms with Gasteiger partial charge in [-0.05, 0) is 24.0 Å². The molecule has 1 amide bonds. The fraction of sp³-hybridized carbons (Fsp3) is 0.333. The van der Waals surface area contributed by atoms with Gasteiger partial charge in [0.2, 0.25) is 5.91 Å². The molecule has 0 spiro atoms. The molecule has 25 heavy (non-hydrogen) atoms. The number of benzene rings is 2. The van der Waals surface area contributed by atoms with Gasteiger partial charge in [-0.1, -0.05) is 60.7 Å². The second-order valence-electron chi connectivity index (χ2n) is 7.12. The maximum absolute atomic E-state index is 13.2. The third-order valence-electron chi connectivity index (χ3n) is 5.64. The predicted octanol–water partition coefficient (Wildman–Crippen LogP) is 3.05. The molecule has 2 aromatic carbocycles. The monoisotopic (exact) mass is 335 g/mol. The Bertz CT molecular complexity index is 783. The van der Waals surface area contributed by atoms with Gasteiger partial charge in [-0.15, -0.1) is 0 Å². The molecule has 0 unspecified atom stereocenters. The largest absolute Gasteiger partial charge is 0.481 e. The van der Waals surface area contributed by atoms with E-state index in [1.165, 1.54) is 0 Å². The summed E-state index contributed by atoms with van der Waals surface area (Å²) in [6.45, 7) is 0.775. The Kier molecular flexibility index (Phi) is 3.83. The molecule has 1 saturated carbocycles. The predicted molar refractivity (Wildman–Crippen MR) is 94.2 cm³/mol. The summed E-state index contributed by atoms with van der Waals surface area (Å²) in [5.74, 6) is -1.43. The summed E-state index contributed by atoms with van der Waals surface area (Å²) < 4.78 is 0. The molecule has 1 saturated heterocycles. The summed E-state index contributed by atoms with van der Waals surface area (Å²) in [6.07, 6.45) is 1.69.